The number of hydrogen-bond donors (Lipinski definition) is 1. The van der Waals surface area contributed by atoms with E-state index in [0.29, 0.717) is 24.4 Å². The van der Waals surface area contributed by atoms with Crippen molar-refractivity contribution in [3.05, 3.63) is 70.9 Å². The number of H-pyrrole nitrogens is 1. The second-order valence-electron chi connectivity index (χ2n) is 10.7. The van der Waals surface area contributed by atoms with E-state index in [1.54, 1.807) is 17.0 Å². The Kier molecular flexibility index (Phi) is 6.43. The first-order valence-electron chi connectivity index (χ1n) is 13.6. The van der Waals surface area contributed by atoms with E-state index >= 15 is 0 Å². The van der Waals surface area contributed by atoms with Crippen LogP contribution < -0.4 is 0 Å². The van der Waals surface area contributed by atoms with Gasteiger partial charge in [-0.3, -0.25) is 9.59 Å². The monoisotopic (exact) mass is 514 g/mol. The Bertz CT molecular complexity index is 1370. The van der Waals surface area contributed by atoms with Crippen molar-refractivity contribution in [2.75, 3.05) is 39.8 Å². The predicted molar refractivity (Wildman–Crippen MR) is 144 cm³/mol. The zero-order valence-corrected chi connectivity index (χ0v) is 22.0. The molecule has 0 saturated carbocycles. The van der Waals surface area contributed by atoms with Gasteiger partial charge < -0.3 is 24.4 Å². The number of aromatic nitrogens is 1. The van der Waals surface area contributed by atoms with E-state index in [0.717, 1.165) is 60.2 Å². The van der Waals surface area contributed by atoms with Gasteiger partial charge in [-0.25, -0.2) is 4.79 Å². The van der Waals surface area contributed by atoms with Crippen molar-refractivity contribution in [3.63, 3.8) is 0 Å². The zero-order chi connectivity index (χ0) is 26.4. The van der Waals surface area contributed by atoms with Crippen LogP contribution in [0.2, 0.25) is 0 Å². The van der Waals surface area contributed by atoms with E-state index in [2.05, 4.69) is 22.9 Å². The molecule has 0 spiro atoms. The van der Waals surface area contributed by atoms with E-state index in [-0.39, 0.29) is 18.4 Å². The van der Waals surface area contributed by atoms with Crippen LogP contribution in [0.3, 0.4) is 0 Å². The zero-order valence-electron chi connectivity index (χ0n) is 22.0. The molecule has 2 fully saturated rings. The Morgan fingerprint density at radius 3 is 2.50 bits per heavy atom. The number of benzene rings is 2. The van der Waals surface area contributed by atoms with Crippen LogP contribution in [-0.4, -0.2) is 83.3 Å². The van der Waals surface area contributed by atoms with Gasteiger partial charge in [0.05, 0.1) is 25.3 Å². The average molecular weight is 515 g/mol. The van der Waals surface area contributed by atoms with Crippen LogP contribution in [0.1, 0.15) is 53.0 Å². The molecule has 2 amide bonds. The quantitative estimate of drug-likeness (QED) is 0.528. The highest BCUT2D eigenvalue weighted by Gasteiger charge is 2.48. The Labute approximate surface area is 222 Å². The van der Waals surface area contributed by atoms with Crippen LogP contribution in [0.5, 0.6) is 0 Å². The maximum Gasteiger partial charge on any atom is 0.337 e. The number of esters is 1. The number of ether oxygens (including phenoxy) is 1. The first-order chi connectivity index (χ1) is 18.5. The van der Waals surface area contributed by atoms with Gasteiger partial charge >= 0.3 is 5.97 Å². The molecule has 2 saturated heterocycles. The Morgan fingerprint density at radius 2 is 1.79 bits per heavy atom. The van der Waals surface area contributed by atoms with Gasteiger partial charge in [0.15, 0.2) is 0 Å². The molecule has 8 heteroatoms. The minimum Gasteiger partial charge on any atom is -0.465 e. The number of hydrogen-bond acceptors (Lipinski definition) is 5. The van der Waals surface area contributed by atoms with Gasteiger partial charge in [-0.15, -0.1) is 0 Å². The highest BCUT2D eigenvalue weighted by molar-refractivity contribution is 5.97. The van der Waals surface area contributed by atoms with E-state index in [4.69, 9.17) is 4.74 Å². The SMILES string of the molecule is CCN1CCC(CN2CC(=O)N3C(Cc4c([nH]c5ccccc45)C3c3ccc(C(=O)OC)cc3)C2=O)CC1. The molecule has 3 aromatic rings. The number of nitrogens with one attached hydrogen (secondary N) is 1. The maximum atomic E-state index is 14.0. The number of carbonyl (C=O) groups is 3. The third-order valence-electron chi connectivity index (χ3n) is 8.62. The summed E-state index contributed by atoms with van der Waals surface area (Å²) in [5.74, 6) is 0.0191. The number of para-hydroxylation sites is 1. The van der Waals surface area contributed by atoms with Crippen molar-refractivity contribution in [1.29, 1.82) is 0 Å². The Balaban J connectivity index is 1.35. The van der Waals surface area contributed by atoms with Gasteiger partial charge in [0.25, 0.3) is 0 Å². The molecule has 198 valence electrons. The van der Waals surface area contributed by atoms with E-state index in [9.17, 15) is 14.4 Å². The summed E-state index contributed by atoms with van der Waals surface area (Å²) < 4.78 is 4.86. The van der Waals surface area contributed by atoms with E-state index in [1.165, 1.54) is 7.11 Å². The first-order valence-corrected chi connectivity index (χ1v) is 13.6. The second kappa shape index (κ2) is 9.91. The topological polar surface area (TPSA) is 85.9 Å². The van der Waals surface area contributed by atoms with Crippen molar-refractivity contribution in [2.24, 2.45) is 5.92 Å². The number of amides is 2. The number of aromatic amines is 1. The number of fused-ring (bicyclic) bond motifs is 4. The molecule has 0 bridgehead atoms. The fourth-order valence-electron chi connectivity index (χ4n) is 6.54. The number of nitrogens with zero attached hydrogens (tertiary/aromatic N) is 3. The fourth-order valence-corrected chi connectivity index (χ4v) is 6.54. The predicted octanol–water partition coefficient (Wildman–Crippen LogP) is 3.37. The van der Waals surface area contributed by atoms with Crippen molar-refractivity contribution in [1.82, 2.24) is 19.7 Å². The standard InChI is InChI=1S/C30H34N4O4/c1-3-32-14-12-19(13-15-32)17-33-18-26(35)34-25(29(33)36)16-23-22-6-4-5-7-24(22)31-27(23)28(34)20-8-10-21(11-9-20)30(37)38-2/h4-11,19,25,28,31H,3,12-18H2,1-2H3. The number of piperazine rings is 1. The molecule has 1 N–H and O–H groups in total. The van der Waals surface area contributed by atoms with E-state index in [1.807, 2.05) is 35.2 Å². The number of likely N-dealkylation sites (tertiary alicyclic amines) is 1. The van der Waals surface area contributed by atoms with Gasteiger partial charge in [0, 0.05) is 29.6 Å². The lowest BCUT2D eigenvalue weighted by Gasteiger charge is -2.48. The molecule has 1 aromatic heterocycles. The third kappa shape index (κ3) is 4.17. The molecule has 8 nitrogen and oxygen atoms in total. The largest absolute Gasteiger partial charge is 0.465 e. The second-order valence-corrected chi connectivity index (χ2v) is 10.7. The normalized spacial score (nSPS) is 22.5. The molecule has 2 atom stereocenters. The van der Waals surface area contributed by atoms with Gasteiger partial charge in [-0.05, 0) is 67.7 Å². The van der Waals surface area contributed by atoms with Crippen LogP contribution in [0.15, 0.2) is 48.5 Å². The summed E-state index contributed by atoms with van der Waals surface area (Å²) in [7, 11) is 1.36. The van der Waals surface area contributed by atoms with Gasteiger partial charge in [-0.1, -0.05) is 37.3 Å². The summed E-state index contributed by atoms with van der Waals surface area (Å²) >= 11 is 0. The molecule has 0 aliphatic carbocycles. The summed E-state index contributed by atoms with van der Waals surface area (Å²) in [6.45, 7) is 6.09. The molecule has 38 heavy (non-hydrogen) atoms. The van der Waals surface area contributed by atoms with Crippen LogP contribution in [-0.2, 0) is 20.7 Å². The summed E-state index contributed by atoms with van der Waals surface area (Å²) in [5, 5.41) is 1.09. The van der Waals surface area contributed by atoms with Crippen LogP contribution in [0.25, 0.3) is 10.9 Å². The van der Waals surface area contributed by atoms with E-state index < -0.39 is 18.1 Å². The van der Waals surface area contributed by atoms with Crippen molar-refractivity contribution < 1.29 is 19.1 Å². The number of piperidine rings is 1. The number of rotatable bonds is 5. The lowest BCUT2D eigenvalue weighted by atomic mass is 9.85. The minimum atomic E-state index is -0.552. The smallest absolute Gasteiger partial charge is 0.337 e. The maximum absolute atomic E-state index is 14.0. The summed E-state index contributed by atoms with van der Waals surface area (Å²) in [6, 6.07) is 14.3. The molecule has 0 radical (unpaired) electrons. The fraction of sp³-hybridized carbons (Fsp3) is 0.433. The summed E-state index contributed by atoms with van der Waals surface area (Å²) in [6.07, 6.45) is 2.61. The van der Waals surface area contributed by atoms with Crippen LogP contribution in [0.4, 0.5) is 0 Å². The first kappa shape index (κ1) is 24.7. The molecule has 4 heterocycles. The number of methoxy groups -OCH3 is 1. The van der Waals surface area contributed by atoms with Gasteiger partial charge in [-0.2, -0.15) is 0 Å². The molecule has 2 unspecified atom stereocenters. The van der Waals surface area contributed by atoms with Gasteiger partial charge in [0.1, 0.15) is 6.04 Å². The molecular weight excluding hydrogens is 480 g/mol. The average Bonchev–Trinajstić information content (AvgIpc) is 3.33. The molecule has 6 rings (SSSR count). The lowest BCUT2D eigenvalue weighted by molar-refractivity contribution is -0.159. The number of carbonyl (C=O) groups excluding carboxylic acids is 3. The van der Waals surface area contributed by atoms with Crippen LogP contribution >= 0.6 is 0 Å². The Morgan fingerprint density at radius 1 is 1.05 bits per heavy atom. The molecule has 3 aliphatic rings. The van der Waals surface area contributed by atoms with Crippen LogP contribution in [0, 0.1) is 5.92 Å². The summed E-state index contributed by atoms with van der Waals surface area (Å²) in [5.41, 5.74) is 4.32. The highest BCUT2D eigenvalue weighted by Crippen LogP contribution is 2.42. The lowest BCUT2D eigenvalue weighted by Crippen LogP contribution is -2.63. The highest BCUT2D eigenvalue weighted by atomic mass is 16.5. The third-order valence-corrected chi connectivity index (χ3v) is 8.62. The molecule has 2 aromatic carbocycles. The molecule has 3 aliphatic heterocycles. The van der Waals surface area contributed by atoms with Crippen molar-refractivity contribution >= 4 is 28.7 Å². The van der Waals surface area contributed by atoms with Gasteiger partial charge in [0.2, 0.25) is 11.8 Å². The minimum absolute atomic E-state index is 0.0352. The Hall–Kier alpha value is -3.65. The summed E-state index contributed by atoms with van der Waals surface area (Å²) in [4.78, 5) is 49.4. The van der Waals surface area contributed by atoms with Crippen molar-refractivity contribution in [2.45, 2.75) is 38.3 Å². The van der Waals surface area contributed by atoms with Crippen molar-refractivity contribution in [3.8, 4) is 0 Å². The molecular formula is C30H34N4O4.